The number of halogens is 3. The minimum Gasteiger partial charge on any atom is -0.354 e. The molecule has 6 rings (SSSR count). The average molecular weight is 565 g/mol. The first kappa shape index (κ1) is 26.5. The Morgan fingerprint density at radius 3 is 2.61 bits per heavy atom. The molecule has 1 unspecified atom stereocenters. The molecule has 0 radical (unpaired) electrons. The number of piperazine rings is 1. The molecule has 1 atom stereocenters. The molecule has 1 saturated heterocycles. The number of carbonyl (C=O) groups is 1. The molecular formula is C27H27F3N10O. The molecule has 41 heavy (non-hydrogen) atoms. The second-order valence-corrected chi connectivity index (χ2v) is 10.0. The van der Waals surface area contributed by atoms with E-state index in [9.17, 15) is 18.0 Å². The van der Waals surface area contributed by atoms with Gasteiger partial charge in [0.1, 0.15) is 17.5 Å². The summed E-state index contributed by atoms with van der Waals surface area (Å²) in [6, 6.07) is 5.42. The molecule has 0 saturated carbocycles. The van der Waals surface area contributed by atoms with E-state index >= 15 is 0 Å². The third-order valence-electron chi connectivity index (χ3n) is 7.18. The highest BCUT2D eigenvalue weighted by Gasteiger charge is 2.37. The highest BCUT2D eigenvalue weighted by molar-refractivity contribution is 6.02. The number of H-pyrrole nitrogens is 1. The van der Waals surface area contributed by atoms with Gasteiger partial charge in [-0.3, -0.25) is 4.79 Å². The van der Waals surface area contributed by atoms with Crippen LogP contribution in [0.5, 0.6) is 0 Å². The number of hydrogen-bond donors (Lipinski definition) is 3. The lowest BCUT2D eigenvalue weighted by molar-refractivity contribution is -0.149. The van der Waals surface area contributed by atoms with Gasteiger partial charge in [0.15, 0.2) is 0 Å². The van der Waals surface area contributed by atoms with Crippen molar-refractivity contribution in [2.45, 2.75) is 19.1 Å². The number of hydrogen-bond acceptors (Lipinski definition) is 8. The first-order chi connectivity index (χ1) is 19.7. The largest absolute Gasteiger partial charge is 0.408 e. The Kier molecular flexibility index (Phi) is 6.69. The predicted molar refractivity (Wildman–Crippen MR) is 148 cm³/mol. The lowest BCUT2D eigenvalue weighted by Crippen LogP contribution is -2.44. The van der Waals surface area contributed by atoms with Crippen molar-refractivity contribution >= 4 is 39.9 Å². The summed E-state index contributed by atoms with van der Waals surface area (Å²) in [5, 5.41) is 10.0. The van der Waals surface area contributed by atoms with Crippen molar-refractivity contribution in [2.24, 2.45) is 0 Å². The van der Waals surface area contributed by atoms with Crippen molar-refractivity contribution in [3.05, 3.63) is 60.8 Å². The maximum absolute atomic E-state index is 12.9. The van der Waals surface area contributed by atoms with Crippen molar-refractivity contribution in [3.8, 4) is 11.1 Å². The minimum absolute atomic E-state index is 0.0396. The fourth-order valence-electron chi connectivity index (χ4n) is 4.70. The van der Waals surface area contributed by atoms with Crippen LogP contribution in [0.4, 0.5) is 30.6 Å². The molecule has 5 aromatic heterocycles. The van der Waals surface area contributed by atoms with Gasteiger partial charge >= 0.3 is 6.18 Å². The second kappa shape index (κ2) is 10.4. The van der Waals surface area contributed by atoms with Crippen LogP contribution in [0.3, 0.4) is 0 Å². The molecule has 5 aromatic rings. The fraction of sp³-hybridized carbons (Fsp3) is 0.296. The van der Waals surface area contributed by atoms with Crippen molar-refractivity contribution in [1.29, 1.82) is 0 Å². The van der Waals surface area contributed by atoms with Gasteiger partial charge in [0.25, 0.3) is 5.91 Å². The van der Waals surface area contributed by atoms with E-state index in [0.29, 0.717) is 17.1 Å². The summed E-state index contributed by atoms with van der Waals surface area (Å²) < 4.78 is 40.3. The molecule has 1 fully saturated rings. The van der Waals surface area contributed by atoms with Gasteiger partial charge < -0.3 is 25.4 Å². The van der Waals surface area contributed by atoms with Crippen LogP contribution in [0, 0.1) is 0 Å². The second-order valence-electron chi connectivity index (χ2n) is 10.0. The van der Waals surface area contributed by atoms with Crippen LogP contribution in [-0.4, -0.2) is 85.8 Å². The van der Waals surface area contributed by atoms with Crippen molar-refractivity contribution in [2.75, 3.05) is 43.4 Å². The van der Waals surface area contributed by atoms with Crippen LogP contribution in [0.25, 0.3) is 27.7 Å². The molecule has 3 N–H and O–H groups in total. The van der Waals surface area contributed by atoms with Crippen molar-refractivity contribution in [3.63, 3.8) is 0 Å². The standard InChI is InChI=1S/C27H27F3N10O/c1-16(27(28,29)30)35-25(41)21-15-34-40-6-5-17(11-22(21)40)19-13-32-24-20(19)14-33-26(37-24)36-18-3-4-23(31-12-18)39-9-7-38(2)8-10-39/h3-6,11-16H,7-10H2,1-2H3,(H,35,41)(H2,32,33,36,37). The van der Waals surface area contributed by atoms with E-state index in [1.807, 2.05) is 17.4 Å². The van der Waals surface area contributed by atoms with E-state index in [2.05, 4.69) is 47.2 Å². The molecule has 0 spiro atoms. The Balaban J connectivity index is 1.21. The molecule has 0 aliphatic carbocycles. The highest BCUT2D eigenvalue weighted by Crippen LogP contribution is 2.30. The van der Waals surface area contributed by atoms with E-state index in [0.717, 1.165) is 61.1 Å². The summed E-state index contributed by atoms with van der Waals surface area (Å²) in [5.74, 6) is 0.467. The molecule has 11 nitrogen and oxygen atoms in total. The summed E-state index contributed by atoms with van der Waals surface area (Å²) in [6.45, 7) is 4.77. The zero-order valence-corrected chi connectivity index (χ0v) is 22.3. The van der Waals surface area contributed by atoms with Gasteiger partial charge in [0.05, 0.1) is 29.2 Å². The van der Waals surface area contributed by atoms with Crippen LogP contribution in [0.2, 0.25) is 0 Å². The zero-order chi connectivity index (χ0) is 28.7. The molecular weight excluding hydrogens is 537 g/mol. The third kappa shape index (κ3) is 5.37. The third-order valence-corrected chi connectivity index (χ3v) is 7.18. The summed E-state index contributed by atoms with van der Waals surface area (Å²) in [7, 11) is 2.11. The number of likely N-dealkylation sites (N-methyl/N-ethyl adjacent to an activating group) is 1. The van der Waals surface area contributed by atoms with Crippen LogP contribution in [0.15, 0.2) is 55.2 Å². The fourth-order valence-corrected chi connectivity index (χ4v) is 4.70. The lowest BCUT2D eigenvalue weighted by Gasteiger charge is -2.33. The van der Waals surface area contributed by atoms with Crippen LogP contribution in [0.1, 0.15) is 17.3 Å². The number of aromatic amines is 1. The molecule has 1 amide bonds. The zero-order valence-electron chi connectivity index (χ0n) is 22.3. The first-order valence-corrected chi connectivity index (χ1v) is 13.0. The van der Waals surface area contributed by atoms with Gasteiger partial charge in [-0.2, -0.15) is 23.3 Å². The molecule has 0 aromatic carbocycles. The van der Waals surface area contributed by atoms with E-state index < -0.39 is 18.1 Å². The van der Waals surface area contributed by atoms with Crippen molar-refractivity contribution in [1.82, 2.24) is 39.8 Å². The van der Waals surface area contributed by atoms with Gasteiger partial charge in [0.2, 0.25) is 5.95 Å². The molecule has 0 bridgehead atoms. The number of pyridine rings is 2. The Bertz CT molecular complexity index is 1700. The maximum atomic E-state index is 12.9. The molecule has 212 valence electrons. The molecule has 1 aliphatic heterocycles. The Morgan fingerprint density at radius 2 is 1.88 bits per heavy atom. The Hall–Kier alpha value is -4.72. The van der Waals surface area contributed by atoms with Crippen LogP contribution >= 0.6 is 0 Å². The number of anilines is 3. The van der Waals surface area contributed by atoms with Crippen LogP contribution in [-0.2, 0) is 0 Å². The monoisotopic (exact) mass is 564 g/mol. The summed E-state index contributed by atoms with van der Waals surface area (Å²) in [5.41, 5.74) is 3.24. The quantitative estimate of drug-likeness (QED) is 0.285. The summed E-state index contributed by atoms with van der Waals surface area (Å²) >= 11 is 0. The number of nitrogens with one attached hydrogen (secondary N) is 3. The van der Waals surface area contributed by atoms with E-state index in [1.165, 1.54) is 10.7 Å². The Labute approximate surface area is 232 Å². The van der Waals surface area contributed by atoms with E-state index in [1.54, 1.807) is 36.9 Å². The number of aromatic nitrogens is 6. The first-order valence-electron chi connectivity index (χ1n) is 13.0. The summed E-state index contributed by atoms with van der Waals surface area (Å²) in [6.07, 6.45) is 3.55. The summed E-state index contributed by atoms with van der Waals surface area (Å²) in [4.78, 5) is 33.9. The number of nitrogens with zero attached hydrogens (tertiary/aromatic N) is 7. The number of alkyl halides is 3. The predicted octanol–water partition coefficient (Wildman–Crippen LogP) is 3.84. The number of fused-ring (bicyclic) bond motifs is 2. The van der Waals surface area contributed by atoms with Crippen molar-refractivity contribution < 1.29 is 18.0 Å². The maximum Gasteiger partial charge on any atom is 0.408 e. The Morgan fingerprint density at radius 1 is 1.07 bits per heavy atom. The molecule has 1 aliphatic rings. The van der Waals surface area contributed by atoms with Gasteiger partial charge in [-0.15, -0.1) is 0 Å². The highest BCUT2D eigenvalue weighted by atomic mass is 19.4. The molecule has 6 heterocycles. The normalized spacial score (nSPS) is 15.4. The smallest absolute Gasteiger partial charge is 0.354 e. The van der Waals surface area contributed by atoms with Gasteiger partial charge in [0, 0.05) is 55.7 Å². The van der Waals surface area contributed by atoms with Crippen LogP contribution < -0.4 is 15.5 Å². The number of carbonyl (C=O) groups excluding carboxylic acids is 1. The minimum atomic E-state index is -4.55. The number of rotatable bonds is 6. The SMILES string of the molecule is CC(NC(=O)c1cnn2ccc(-c3c[nH]c4nc(Nc5ccc(N6CCN(C)CC6)nc5)ncc34)cc12)C(F)(F)F. The average Bonchev–Trinajstić information content (AvgIpc) is 3.57. The van der Waals surface area contributed by atoms with E-state index in [4.69, 9.17) is 0 Å². The topological polar surface area (TPSA) is 119 Å². The molecule has 14 heteroatoms. The van der Waals surface area contributed by atoms with Gasteiger partial charge in [-0.1, -0.05) is 0 Å². The number of amides is 1. The lowest BCUT2D eigenvalue weighted by atomic mass is 10.1. The van der Waals surface area contributed by atoms with Gasteiger partial charge in [-0.05, 0) is 43.8 Å². The van der Waals surface area contributed by atoms with E-state index in [-0.39, 0.29) is 5.56 Å². The van der Waals surface area contributed by atoms with Gasteiger partial charge in [-0.25, -0.2) is 14.5 Å².